The molecule has 5 heteroatoms. The van der Waals surface area contributed by atoms with E-state index >= 15 is 0 Å². The first kappa shape index (κ1) is 21.8. The molecule has 2 rings (SSSR count). The fourth-order valence-electron chi connectivity index (χ4n) is 3.25. The van der Waals surface area contributed by atoms with Crippen LogP contribution in [0.4, 0.5) is 0 Å². The predicted octanol–water partition coefficient (Wildman–Crippen LogP) is 4.44. The summed E-state index contributed by atoms with van der Waals surface area (Å²) in [6.07, 6.45) is 1.79. The Morgan fingerprint density at radius 2 is 1.85 bits per heavy atom. The van der Waals surface area contributed by atoms with Crippen LogP contribution in [-0.4, -0.2) is 40.4 Å². The van der Waals surface area contributed by atoms with Gasteiger partial charge in [-0.3, -0.25) is 9.59 Å². The zero-order chi connectivity index (χ0) is 20.2. The van der Waals surface area contributed by atoms with Crippen molar-refractivity contribution in [3.63, 3.8) is 0 Å². The van der Waals surface area contributed by atoms with E-state index < -0.39 is 0 Å². The van der Waals surface area contributed by atoms with Gasteiger partial charge in [-0.25, -0.2) is 0 Å². The number of hydrogen-bond acceptors (Lipinski definition) is 3. The first-order valence-corrected chi connectivity index (χ1v) is 11.0. The number of carbonyl (C=O) groups is 2. The third-order valence-corrected chi connectivity index (χ3v) is 6.16. The lowest BCUT2D eigenvalue weighted by Gasteiger charge is -2.30. The Morgan fingerprint density at radius 3 is 2.37 bits per heavy atom. The van der Waals surface area contributed by atoms with Gasteiger partial charge >= 0.3 is 0 Å². The molecule has 0 aromatic heterocycles. The molecular formula is C22H34N2O2S. The van der Waals surface area contributed by atoms with Crippen molar-refractivity contribution in [1.29, 1.82) is 0 Å². The van der Waals surface area contributed by atoms with Crippen molar-refractivity contribution in [1.82, 2.24) is 10.2 Å². The quantitative estimate of drug-likeness (QED) is 0.781. The van der Waals surface area contributed by atoms with Gasteiger partial charge < -0.3 is 10.2 Å². The van der Waals surface area contributed by atoms with Crippen LogP contribution in [0, 0.1) is 5.92 Å². The second kappa shape index (κ2) is 9.13. The number of amides is 2. The number of rotatable bonds is 6. The second-order valence-corrected chi connectivity index (χ2v) is 9.97. The number of nitrogens with zero attached hydrogens (tertiary/aromatic N) is 1. The van der Waals surface area contributed by atoms with Gasteiger partial charge in [0.15, 0.2) is 0 Å². The van der Waals surface area contributed by atoms with Gasteiger partial charge in [0.05, 0.1) is 5.37 Å². The van der Waals surface area contributed by atoms with Crippen molar-refractivity contribution < 1.29 is 9.59 Å². The van der Waals surface area contributed by atoms with E-state index in [0.29, 0.717) is 23.8 Å². The molecule has 0 saturated carbocycles. The first-order valence-electron chi connectivity index (χ1n) is 9.97. The molecule has 0 radical (unpaired) electrons. The maximum atomic E-state index is 13.3. The summed E-state index contributed by atoms with van der Waals surface area (Å²) in [5.74, 6) is 1.07. The molecule has 150 valence electrons. The van der Waals surface area contributed by atoms with Gasteiger partial charge in [0, 0.05) is 17.9 Å². The molecule has 1 fully saturated rings. The Labute approximate surface area is 168 Å². The lowest BCUT2D eigenvalue weighted by Crippen LogP contribution is -2.50. The van der Waals surface area contributed by atoms with Crippen molar-refractivity contribution in [2.45, 2.75) is 71.2 Å². The van der Waals surface area contributed by atoms with E-state index in [4.69, 9.17) is 0 Å². The molecule has 27 heavy (non-hydrogen) atoms. The predicted molar refractivity (Wildman–Crippen MR) is 114 cm³/mol. The minimum atomic E-state index is -0.389. The Bertz CT molecular complexity index is 649. The summed E-state index contributed by atoms with van der Waals surface area (Å²) in [7, 11) is 0. The molecule has 1 aromatic rings. The summed E-state index contributed by atoms with van der Waals surface area (Å²) < 4.78 is 0. The number of hydrogen-bond donors (Lipinski definition) is 1. The molecule has 1 aromatic carbocycles. The third kappa shape index (κ3) is 5.50. The van der Waals surface area contributed by atoms with Crippen LogP contribution in [0.15, 0.2) is 24.3 Å². The fraction of sp³-hybridized carbons (Fsp3) is 0.636. The molecular weight excluding hydrogens is 356 g/mol. The first-order chi connectivity index (χ1) is 12.6. The SMILES string of the molecule is CCCNC(=O)C1CSC(CC(C)C)N1C(=O)c1ccc(C(C)(C)C)cc1. The minimum absolute atomic E-state index is 0.0322. The highest BCUT2D eigenvalue weighted by Gasteiger charge is 2.41. The summed E-state index contributed by atoms with van der Waals surface area (Å²) in [5, 5.41) is 3.02. The molecule has 0 spiro atoms. The lowest BCUT2D eigenvalue weighted by molar-refractivity contribution is -0.124. The fourth-order valence-corrected chi connectivity index (χ4v) is 4.89. The molecule has 4 nitrogen and oxygen atoms in total. The molecule has 2 unspecified atom stereocenters. The van der Waals surface area contributed by atoms with E-state index in [-0.39, 0.29) is 28.6 Å². The molecule has 1 heterocycles. The van der Waals surface area contributed by atoms with Crippen molar-refractivity contribution in [3.8, 4) is 0 Å². The number of thioether (sulfide) groups is 1. The van der Waals surface area contributed by atoms with Gasteiger partial charge in [0.25, 0.3) is 5.91 Å². The van der Waals surface area contributed by atoms with Gasteiger partial charge in [-0.05, 0) is 41.9 Å². The Balaban J connectivity index is 2.26. The van der Waals surface area contributed by atoms with E-state index in [1.807, 2.05) is 36.1 Å². The van der Waals surface area contributed by atoms with Crippen LogP contribution in [0.1, 0.15) is 70.3 Å². The van der Waals surface area contributed by atoms with Crippen molar-refractivity contribution in [3.05, 3.63) is 35.4 Å². The van der Waals surface area contributed by atoms with Crippen LogP contribution < -0.4 is 5.32 Å². The summed E-state index contributed by atoms with van der Waals surface area (Å²) in [6, 6.07) is 7.47. The average molecular weight is 391 g/mol. The van der Waals surface area contributed by atoms with E-state index in [9.17, 15) is 9.59 Å². The Kier molecular flexibility index (Phi) is 7.38. The topological polar surface area (TPSA) is 49.4 Å². The number of benzene rings is 1. The second-order valence-electron chi connectivity index (χ2n) is 8.76. The standard InChI is InChI=1S/C22H34N2O2S/c1-7-12-23-20(25)18-14-27-19(13-15(2)3)24(18)21(26)16-8-10-17(11-9-16)22(4,5)6/h8-11,15,18-19H,7,12-14H2,1-6H3,(H,23,25). The van der Waals surface area contributed by atoms with Gasteiger partial charge in [-0.1, -0.05) is 53.7 Å². The summed E-state index contributed by atoms with van der Waals surface area (Å²) in [6.45, 7) is 13.5. The third-order valence-electron chi connectivity index (χ3n) is 4.85. The van der Waals surface area contributed by atoms with Gasteiger partial charge in [-0.2, -0.15) is 0 Å². The summed E-state index contributed by atoms with van der Waals surface area (Å²) in [4.78, 5) is 27.8. The molecule has 1 aliphatic rings. The van der Waals surface area contributed by atoms with E-state index in [1.165, 1.54) is 5.56 Å². The Morgan fingerprint density at radius 1 is 1.22 bits per heavy atom. The number of nitrogens with one attached hydrogen (secondary N) is 1. The summed E-state index contributed by atoms with van der Waals surface area (Å²) >= 11 is 1.72. The maximum Gasteiger partial charge on any atom is 0.255 e. The molecule has 2 atom stereocenters. The monoisotopic (exact) mass is 390 g/mol. The van der Waals surface area contributed by atoms with E-state index in [0.717, 1.165) is 12.8 Å². The zero-order valence-corrected chi connectivity index (χ0v) is 18.4. The highest BCUT2D eigenvalue weighted by atomic mass is 32.2. The van der Waals surface area contributed by atoms with Gasteiger partial charge in [0.2, 0.25) is 5.91 Å². The average Bonchev–Trinajstić information content (AvgIpc) is 3.01. The van der Waals surface area contributed by atoms with Crippen LogP contribution >= 0.6 is 11.8 Å². The molecule has 1 N–H and O–H groups in total. The van der Waals surface area contributed by atoms with Crippen LogP contribution in [0.3, 0.4) is 0 Å². The van der Waals surface area contributed by atoms with Crippen molar-refractivity contribution >= 4 is 23.6 Å². The molecule has 1 saturated heterocycles. The van der Waals surface area contributed by atoms with Gasteiger partial charge in [0.1, 0.15) is 6.04 Å². The van der Waals surface area contributed by atoms with Crippen LogP contribution in [-0.2, 0) is 10.2 Å². The highest BCUT2D eigenvalue weighted by Crippen LogP contribution is 2.35. The normalized spacial score (nSPS) is 20.2. The summed E-state index contributed by atoms with van der Waals surface area (Å²) in [5.41, 5.74) is 1.91. The van der Waals surface area contributed by atoms with Crippen molar-refractivity contribution in [2.75, 3.05) is 12.3 Å². The molecule has 1 aliphatic heterocycles. The molecule has 0 aliphatic carbocycles. The number of carbonyl (C=O) groups excluding carboxylic acids is 2. The zero-order valence-electron chi connectivity index (χ0n) is 17.5. The van der Waals surface area contributed by atoms with Crippen LogP contribution in [0.25, 0.3) is 0 Å². The van der Waals surface area contributed by atoms with Crippen molar-refractivity contribution in [2.24, 2.45) is 5.92 Å². The lowest BCUT2D eigenvalue weighted by atomic mass is 9.86. The Hall–Kier alpha value is -1.49. The van der Waals surface area contributed by atoms with E-state index in [1.54, 1.807) is 11.8 Å². The van der Waals surface area contributed by atoms with Crippen LogP contribution in [0.5, 0.6) is 0 Å². The minimum Gasteiger partial charge on any atom is -0.354 e. The van der Waals surface area contributed by atoms with Crippen LogP contribution in [0.2, 0.25) is 0 Å². The highest BCUT2D eigenvalue weighted by molar-refractivity contribution is 8.00. The molecule has 0 bridgehead atoms. The van der Waals surface area contributed by atoms with Gasteiger partial charge in [-0.15, -0.1) is 11.8 Å². The largest absolute Gasteiger partial charge is 0.354 e. The van der Waals surface area contributed by atoms with E-state index in [2.05, 4.69) is 39.9 Å². The maximum absolute atomic E-state index is 13.3. The molecule has 2 amide bonds. The smallest absolute Gasteiger partial charge is 0.255 e.